The number of ether oxygens (including phenoxy) is 3. The Morgan fingerprint density at radius 2 is 0.815 bits per heavy atom. The van der Waals surface area contributed by atoms with Gasteiger partial charge in [-0.3, -0.25) is 9.59 Å². The molecule has 0 radical (unpaired) electrons. The lowest BCUT2D eigenvalue weighted by atomic mass is 10.0. The average molecular weight is 916 g/mol. The van der Waals surface area contributed by atoms with Gasteiger partial charge < -0.3 is 28.6 Å². The van der Waals surface area contributed by atoms with Crippen LogP contribution in [0.4, 0.5) is 0 Å². The Morgan fingerprint density at radius 1 is 0.462 bits per heavy atom. The number of aliphatic carboxylic acids is 1. The van der Waals surface area contributed by atoms with E-state index < -0.39 is 18.1 Å². The number of likely N-dealkylation sites (N-methyl/N-ethyl adjacent to an activating group) is 1. The zero-order chi connectivity index (χ0) is 47.7. The average Bonchev–Trinajstić information content (AvgIpc) is 3.27. The van der Waals surface area contributed by atoms with E-state index in [-0.39, 0.29) is 42.7 Å². The molecule has 0 N–H and O–H groups in total. The minimum absolute atomic E-state index is 0.0383. The van der Waals surface area contributed by atoms with Gasteiger partial charge in [-0.15, -0.1) is 0 Å². The van der Waals surface area contributed by atoms with Crippen LogP contribution in [0.25, 0.3) is 0 Å². The number of carbonyl (C=O) groups excluding carboxylic acids is 3. The molecule has 380 valence electrons. The first-order valence-electron chi connectivity index (χ1n) is 27.5. The van der Waals surface area contributed by atoms with E-state index in [4.69, 9.17) is 14.2 Å². The summed E-state index contributed by atoms with van der Waals surface area (Å²) in [6.07, 6.45) is 57.5. The van der Waals surface area contributed by atoms with Gasteiger partial charge in [0.25, 0.3) is 0 Å². The van der Waals surface area contributed by atoms with Crippen LogP contribution < -0.4 is 5.11 Å². The molecule has 0 fully saturated rings. The minimum atomic E-state index is -1.12. The van der Waals surface area contributed by atoms with E-state index in [2.05, 4.69) is 50.3 Å². The largest absolute Gasteiger partial charge is 0.544 e. The van der Waals surface area contributed by atoms with E-state index in [1.165, 1.54) is 161 Å². The molecule has 0 aromatic rings. The molecule has 0 aliphatic rings. The van der Waals surface area contributed by atoms with Gasteiger partial charge in [-0.1, -0.05) is 224 Å². The van der Waals surface area contributed by atoms with Crippen LogP contribution in [0.15, 0.2) is 36.5 Å². The Hall–Kier alpha value is -2.45. The number of esters is 2. The molecule has 0 saturated carbocycles. The summed E-state index contributed by atoms with van der Waals surface area (Å²) in [5.41, 5.74) is 0. The Bertz CT molecular complexity index is 1160. The standard InChI is InChI=1S/C57H105NO7/c1-6-8-10-12-14-16-18-20-22-24-26-27-28-30-31-33-35-37-39-41-43-45-47-55(59)64-52-53(51-63-50-49-54(57(61)62)58(3,4)5)65-56(60)48-46-44-42-40-38-36-34-32-29-25-23-21-19-17-15-13-11-9-7-2/h15,17,21,23,29,32,53-54H,6-14,16,18-20,22,24-28,30-31,33-52H2,1-5H3/b17-15-,23-21-,32-29-. The van der Waals surface area contributed by atoms with Crippen molar-refractivity contribution in [3.05, 3.63) is 36.5 Å². The number of rotatable bonds is 50. The molecule has 0 aliphatic carbocycles. The summed E-state index contributed by atoms with van der Waals surface area (Å²) < 4.78 is 17.3. The monoisotopic (exact) mass is 916 g/mol. The smallest absolute Gasteiger partial charge is 0.306 e. The van der Waals surface area contributed by atoms with Gasteiger partial charge in [0.2, 0.25) is 0 Å². The number of nitrogens with zero attached hydrogens (tertiary/aromatic N) is 1. The molecule has 2 unspecified atom stereocenters. The summed E-state index contributed by atoms with van der Waals surface area (Å²) in [7, 11) is 5.42. The Morgan fingerprint density at radius 3 is 1.23 bits per heavy atom. The number of carboxylic acid groups (broad SMARTS) is 1. The highest BCUT2D eigenvalue weighted by molar-refractivity contribution is 5.70. The lowest BCUT2D eigenvalue weighted by Gasteiger charge is -2.34. The topological polar surface area (TPSA) is 102 Å². The van der Waals surface area contributed by atoms with E-state index in [1.54, 1.807) is 21.1 Å². The fourth-order valence-corrected chi connectivity index (χ4v) is 8.26. The molecule has 0 saturated heterocycles. The van der Waals surface area contributed by atoms with Crippen LogP contribution in [0.1, 0.15) is 258 Å². The van der Waals surface area contributed by atoms with E-state index in [9.17, 15) is 19.5 Å². The summed E-state index contributed by atoms with van der Waals surface area (Å²) in [5, 5.41) is 11.7. The quantitative estimate of drug-likeness (QED) is 0.0259. The molecule has 0 aromatic heterocycles. The molecule has 8 nitrogen and oxygen atoms in total. The van der Waals surface area contributed by atoms with Crippen molar-refractivity contribution < 1.29 is 38.2 Å². The van der Waals surface area contributed by atoms with Crippen molar-refractivity contribution in [3.8, 4) is 0 Å². The van der Waals surface area contributed by atoms with E-state index >= 15 is 0 Å². The molecule has 8 heteroatoms. The molecular weight excluding hydrogens is 811 g/mol. The summed E-state index contributed by atoms with van der Waals surface area (Å²) in [6, 6.07) is -0.728. The van der Waals surface area contributed by atoms with Crippen molar-refractivity contribution in [1.29, 1.82) is 0 Å². The first-order chi connectivity index (χ1) is 31.6. The van der Waals surface area contributed by atoms with E-state index in [0.717, 1.165) is 64.2 Å². The van der Waals surface area contributed by atoms with Gasteiger partial charge in [0.15, 0.2) is 6.10 Å². The van der Waals surface area contributed by atoms with E-state index in [1.807, 2.05) is 0 Å². The second-order valence-corrected chi connectivity index (χ2v) is 19.8. The number of allylic oxidation sites excluding steroid dienone is 6. The van der Waals surface area contributed by atoms with Crippen molar-refractivity contribution in [2.24, 2.45) is 0 Å². The SMILES string of the molecule is CCCCC/C=C\C/C=C\C/C=C\CCCCCCCCC(=O)OC(COCCC(C(=O)[O-])[N+](C)(C)C)COC(=O)CCCCCCCCCCCCCCCCCCCCCCCC. The summed E-state index contributed by atoms with van der Waals surface area (Å²) in [6.45, 7) is 4.66. The number of carbonyl (C=O) groups is 3. The minimum Gasteiger partial charge on any atom is -0.544 e. The second-order valence-electron chi connectivity index (χ2n) is 19.8. The van der Waals surface area contributed by atoms with Crippen molar-refractivity contribution in [2.75, 3.05) is 41.0 Å². The van der Waals surface area contributed by atoms with Crippen LogP contribution >= 0.6 is 0 Å². The highest BCUT2D eigenvalue weighted by Gasteiger charge is 2.25. The number of carboxylic acids is 1. The molecule has 0 amide bonds. The highest BCUT2D eigenvalue weighted by atomic mass is 16.6. The number of quaternary nitrogens is 1. The maximum atomic E-state index is 12.8. The Balaban J connectivity index is 4.19. The molecule has 0 aliphatic heterocycles. The predicted octanol–water partition coefficient (Wildman–Crippen LogP) is 14.8. The van der Waals surface area contributed by atoms with Crippen molar-refractivity contribution in [1.82, 2.24) is 0 Å². The maximum absolute atomic E-state index is 12.8. The normalized spacial score (nSPS) is 13.1. The molecule has 0 bridgehead atoms. The molecule has 0 aromatic carbocycles. The first kappa shape index (κ1) is 62.5. The van der Waals surface area contributed by atoms with Gasteiger partial charge in [0.05, 0.1) is 40.3 Å². The lowest BCUT2D eigenvalue weighted by Crippen LogP contribution is -2.55. The Kier molecular flexibility index (Phi) is 46.2. The van der Waals surface area contributed by atoms with Crippen LogP contribution in [0.3, 0.4) is 0 Å². The fourth-order valence-electron chi connectivity index (χ4n) is 8.26. The number of hydrogen-bond acceptors (Lipinski definition) is 7. The van der Waals surface area contributed by atoms with Crippen molar-refractivity contribution >= 4 is 17.9 Å². The molecule has 0 spiro atoms. The highest BCUT2D eigenvalue weighted by Crippen LogP contribution is 2.17. The summed E-state index contributed by atoms with van der Waals surface area (Å²) >= 11 is 0. The molecule has 2 atom stereocenters. The molecular formula is C57H105NO7. The van der Waals surface area contributed by atoms with Crippen molar-refractivity contribution in [3.63, 3.8) is 0 Å². The van der Waals surface area contributed by atoms with Crippen molar-refractivity contribution in [2.45, 2.75) is 270 Å². The van der Waals surface area contributed by atoms with Crippen LogP contribution in [-0.4, -0.2) is 75.5 Å². The fraction of sp³-hybridized carbons (Fsp3) is 0.842. The molecule has 0 rings (SSSR count). The number of hydrogen-bond donors (Lipinski definition) is 0. The van der Waals surface area contributed by atoms with Crippen LogP contribution in [0.2, 0.25) is 0 Å². The number of unbranched alkanes of at least 4 members (excludes halogenated alkanes) is 30. The van der Waals surface area contributed by atoms with E-state index in [0.29, 0.717) is 12.8 Å². The predicted molar refractivity (Wildman–Crippen MR) is 273 cm³/mol. The first-order valence-corrected chi connectivity index (χ1v) is 27.5. The summed E-state index contributed by atoms with van der Waals surface area (Å²) in [4.78, 5) is 37.1. The van der Waals surface area contributed by atoms with Gasteiger partial charge in [0, 0.05) is 19.3 Å². The van der Waals surface area contributed by atoms with Crippen LogP contribution in [0.5, 0.6) is 0 Å². The van der Waals surface area contributed by atoms with Gasteiger partial charge in [-0.25, -0.2) is 0 Å². The third-order valence-corrected chi connectivity index (χ3v) is 12.5. The second kappa shape index (κ2) is 48.0. The lowest BCUT2D eigenvalue weighted by molar-refractivity contribution is -0.889. The van der Waals surface area contributed by atoms with Gasteiger partial charge in [0.1, 0.15) is 12.6 Å². The zero-order valence-electron chi connectivity index (χ0n) is 43.4. The third kappa shape index (κ3) is 46.4. The van der Waals surface area contributed by atoms with Gasteiger partial charge in [-0.2, -0.15) is 0 Å². The third-order valence-electron chi connectivity index (χ3n) is 12.5. The van der Waals surface area contributed by atoms with Gasteiger partial charge >= 0.3 is 11.9 Å². The van der Waals surface area contributed by atoms with Crippen LogP contribution in [0, 0.1) is 0 Å². The zero-order valence-corrected chi connectivity index (χ0v) is 43.4. The Labute approximate surface area is 402 Å². The molecule has 65 heavy (non-hydrogen) atoms. The maximum Gasteiger partial charge on any atom is 0.306 e. The molecule has 0 heterocycles. The van der Waals surface area contributed by atoms with Crippen LogP contribution in [-0.2, 0) is 28.6 Å². The van der Waals surface area contributed by atoms with Gasteiger partial charge in [-0.05, 0) is 51.4 Å². The summed E-state index contributed by atoms with van der Waals surface area (Å²) in [5.74, 6) is -1.74.